The lowest BCUT2D eigenvalue weighted by molar-refractivity contribution is -0.147. The molecule has 4 N–H and O–H groups in total. The minimum Gasteiger partial charge on any atom is -0.489 e. The number of hydrogen-bond acceptors (Lipinski definition) is 6. The van der Waals surface area contributed by atoms with Crippen LogP contribution in [-0.2, 0) is 36.9 Å². The highest BCUT2D eigenvalue weighted by Gasteiger charge is 2.58. The molecule has 0 spiro atoms. The van der Waals surface area contributed by atoms with Gasteiger partial charge in [-0.1, -0.05) is 62.2 Å². The van der Waals surface area contributed by atoms with Crippen molar-refractivity contribution in [2.45, 2.75) is 52.7 Å². The Morgan fingerprint density at radius 2 is 1.68 bits per heavy atom. The molecule has 3 amide bonds. The Balaban J connectivity index is 1.67. The predicted molar refractivity (Wildman–Crippen MR) is 152 cm³/mol. The molecule has 2 unspecified atom stereocenters. The standard InChI is InChI=1S/C29H35Cl2N3O6/c1-28(2)20(12-13-29(28,3)27(38)33-15-24(32)35)25(36)34-23(26(37)39-4)14-17-8-10-18(11-9-17)40-16-19-21(30)6-5-7-22(19)31/h5-11,20,23H,12-16H2,1-4H3,(H2,32,35)(H,33,38)(H,34,36)/t20?,23-,29?/m0/s1. The number of nitrogens with one attached hydrogen (secondary N) is 2. The summed E-state index contributed by atoms with van der Waals surface area (Å²) in [4.78, 5) is 50.1. The van der Waals surface area contributed by atoms with Crippen LogP contribution < -0.4 is 21.1 Å². The maximum atomic E-state index is 13.4. The van der Waals surface area contributed by atoms with E-state index in [4.69, 9.17) is 38.4 Å². The number of rotatable bonds is 11. The second-order valence-corrected chi connectivity index (χ2v) is 11.5. The number of halogens is 2. The van der Waals surface area contributed by atoms with Gasteiger partial charge in [0.2, 0.25) is 17.7 Å². The summed E-state index contributed by atoms with van der Waals surface area (Å²) in [5.41, 5.74) is 4.96. The van der Waals surface area contributed by atoms with Crippen molar-refractivity contribution in [2.24, 2.45) is 22.5 Å². The average Bonchev–Trinajstić information content (AvgIpc) is 3.16. The number of methoxy groups -OCH3 is 1. The van der Waals surface area contributed by atoms with E-state index in [9.17, 15) is 19.2 Å². The maximum Gasteiger partial charge on any atom is 0.328 e. The molecule has 3 rings (SSSR count). The zero-order chi connectivity index (χ0) is 29.7. The molecular weight excluding hydrogens is 557 g/mol. The summed E-state index contributed by atoms with van der Waals surface area (Å²) in [6.45, 7) is 5.38. The summed E-state index contributed by atoms with van der Waals surface area (Å²) >= 11 is 12.4. The average molecular weight is 593 g/mol. The van der Waals surface area contributed by atoms with E-state index in [-0.39, 0.29) is 31.4 Å². The smallest absolute Gasteiger partial charge is 0.328 e. The number of benzene rings is 2. The Labute approximate surface area is 244 Å². The number of primary amides is 1. The Morgan fingerprint density at radius 3 is 2.25 bits per heavy atom. The second kappa shape index (κ2) is 12.9. The summed E-state index contributed by atoms with van der Waals surface area (Å²) in [6, 6.07) is 11.4. The normalized spacial score (nSPS) is 20.3. The Bertz CT molecular complexity index is 1250. The molecule has 2 aromatic rings. The third-order valence-electron chi connectivity index (χ3n) is 8.08. The van der Waals surface area contributed by atoms with Crippen molar-refractivity contribution in [3.63, 3.8) is 0 Å². The molecule has 216 valence electrons. The van der Waals surface area contributed by atoms with Gasteiger partial charge in [-0.05, 0) is 48.1 Å². The fourth-order valence-corrected chi connectivity index (χ4v) is 5.63. The lowest BCUT2D eigenvalue weighted by atomic mass is 9.65. The number of carbonyl (C=O) groups excluding carboxylic acids is 4. The number of amides is 3. The lowest BCUT2D eigenvalue weighted by Gasteiger charge is -2.40. The molecule has 1 fully saturated rings. The van der Waals surface area contributed by atoms with Crippen LogP contribution >= 0.6 is 23.2 Å². The van der Waals surface area contributed by atoms with Gasteiger partial charge in [0, 0.05) is 27.9 Å². The first kappa shape index (κ1) is 31.2. The summed E-state index contributed by atoms with van der Waals surface area (Å²) < 4.78 is 10.8. The molecule has 9 nitrogen and oxygen atoms in total. The molecule has 40 heavy (non-hydrogen) atoms. The highest BCUT2D eigenvalue weighted by Crippen LogP contribution is 2.56. The van der Waals surface area contributed by atoms with E-state index in [2.05, 4.69) is 10.6 Å². The zero-order valence-electron chi connectivity index (χ0n) is 23.0. The van der Waals surface area contributed by atoms with Crippen molar-refractivity contribution in [1.29, 1.82) is 0 Å². The molecule has 0 bridgehead atoms. The van der Waals surface area contributed by atoms with Crippen LogP contribution in [0, 0.1) is 16.7 Å². The highest BCUT2D eigenvalue weighted by molar-refractivity contribution is 6.35. The summed E-state index contributed by atoms with van der Waals surface area (Å²) in [7, 11) is 1.26. The fourth-order valence-electron chi connectivity index (χ4n) is 5.12. The number of esters is 1. The Kier molecular flexibility index (Phi) is 10.1. The van der Waals surface area contributed by atoms with Crippen molar-refractivity contribution < 1.29 is 28.7 Å². The van der Waals surface area contributed by atoms with Gasteiger partial charge in [0.05, 0.1) is 19.1 Å². The van der Waals surface area contributed by atoms with Crippen molar-refractivity contribution in [1.82, 2.24) is 10.6 Å². The SMILES string of the molecule is COC(=O)[C@H](Cc1ccc(OCc2c(Cl)cccc2Cl)cc1)NC(=O)C1CCC(C)(C(=O)NCC(N)=O)C1(C)C. The van der Waals surface area contributed by atoms with E-state index in [1.165, 1.54) is 7.11 Å². The van der Waals surface area contributed by atoms with E-state index in [1.54, 1.807) is 49.4 Å². The van der Waals surface area contributed by atoms with Crippen LogP contribution in [0.25, 0.3) is 0 Å². The van der Waals surface area contributed by atoms with Gasteiger partial charge in [-0.3, -0.25) is 14.4 Å². The van der Waals surface area contributed by atoms with E-state index in [1.807, 2.05) is 13.8 Å². The van der Waals surface area contributed by atoms with Gasteiger partial charge in [0.1, 0.15) is 18.4 Å². The summed E-state index contributed by atoms with van der Waals surface area (Å²) in [5, 5.41) is 6.42. The Morgan fingerprint density at radius 1 is 1.05 bits per heavy atom. The van der Waals surface area contributed by atoms with Crippen LogP contribution in [-0.4, -0.2) is 43.4 Å². The van der Waals surface area contributed by atoms with Gasteiger partial charge in [-0.15, -0.1) is 0 Å². The highest BCUT2D eigenvalue weighted by atomic mass is 35.5. The number of nitrogens with two attached hydrogens (primary N) is 1. The predicted octanol–water partition coefficient (Wildman–Crippen LogP) is 3.82. The van der Waals surface area contributed by atoms with Crippen molar-refractivity contribution >= 4 is 46.9 Å². The zero-order valence-corrected chi connectivity index (χ0v) is 24.5. The number of ether oxygens (including phenoxy) is 2. The van der Waals surface area contributed by atoms with Crippen LogP contribution in [0.15, 0.2) is 42.5 Å². The summed E-state index contributed by atoms with van der Waals surface area (Å²) in [6.07, 6.45) is 1.07. The molecule has 2 aromatic carbocycles. The van der Waals surface area contributed by atoms with Gasteiger partial charge in [-0.25, -0.2) is 4.79 Å². The number of hydrogen-bond donors (Lipinski definition) is 3. The molecule has 0 saturated heterocycles. The van der Waals surface area contributed by atoms with Gasteiger partial charge in [0.25, 0.3) is 0 Å². The third-order valence-corrected chi connectivity index (χ3v) is 8.79. The quantitative estimate of drug-likeness (QED) is 0.340. The largest absolute Gasteiger partial charge is 0.489 e. The topological polar surface area (TPSA) is 137 Å². The minimum absolute atomic E-state index is 0.190. The molecule has 0 radical (unpaired) electrons. The monoisotopic (exact) mass is 591 g/mol. The van der Waals surface area contributed by atoms with E-state index >= 15 is 0 Å². The van der Waals surface area contributed by atoms with E-state index in [0.29, 0.717) is 34.2 Å². The molecule has 1 aliphatic rings. The van der Waals surface area contributed by atoms with Crippen LogP contribution in [0.1, 0.15) is 44.7 Å². The third kappa shape index (κ3) is 6.88. The first-order valence-electron chi connectivity index (χ1n) is 12.9. The van der Waals surface area contributed by atoms with Crippen molar-refractivity contribution in [3.05, 3.63) is 63.6 Å². The molecule has 0 aromatic heterocycles. The summed E-state index contributed by atoms with van der Waals surface area (Å²) in [5.74, 6) is -1.87. The lowest BCUT2D eigenvalue weighted by Crippen LogP contribution is -2.52. The van der Waals surface area contributed by atoms with Crippen LogP contribution in [0.3, 0.4) is 0 Å². The molecule has 3 atom stereocenters. The van der Waals surface area contributed by atoms with Crippen LogP contribution in [0.2, 0.25) is 10.0 Å². The number of carbonyl (C=O) groups is 4. The van der Waals surface area contributed by atoms with Gasteiger partial charge < -0.3 is 25.8 Å². The Hall–Kier alpha value is -3.30. The van der Waals surface area contributed by atoms with Gasteiger partial charge in [-0.2, -0.15) is 0 Å². The fraction of sp³-hybridized carbons (Fsp3) is 0.448. The molecule has 0 heterocycles. The second-order valence-electron chi connectivity index (χ2n) is 10.7. The minimum atomic E-state index is -0.933. The van der Waals surface area contributed by atoms with Crippen molar-refractivity contribution in [2.75, 3.05) is 13.7 Å². The van der Waals surface area contributed by atoms with Crippen LogP contribution in [0.5, 0.6) is 5.75 Å². The first-order chi connectivity index (χ1) is 18.8. The van der Waals surface area contributed by atoms with Crippen molar-refractivity contribution in [3.8, 4) is 5.75 Å². The van der Waals surface area contributed by atoms with Crippen LogP contribution in [0.4, 0.5) is 0 Å². The molecule has 0 aliphatic heterocycles. The molecule has 1 saturated carbocycles. The first-order valence-corrected chi connectivity index (χ1v) is 13.6. The maximum absolute atomic E-state index is 13.4. The molecule has 11 heteroatoms. The molecule has 1 aliphatic carbocycles. The van der Waals surface area contributed by atoms with Gasteiger partial charge >= 0.3 is 5.97 Å². The van der Waals surface area contributed by atoms with E-state index in [0.717, 1.165) is 5.56 Å². The van der Waals surface area contributed by atoms with Gasteiger partial charge in [0.15, 0.2) is 0 Å². The van der Waals surface area contributed by atoms with E-state index < -0.39 is 34.7 Å². The molecular formula is C29H35Cl2N3O6.